The Bertz CT molecular complexity index is 600. The van der Waals surface area contributed by atoms with Crippen LogP contribution in [0, 0.1) is 6.92 Å². The number of hydrogen-bond acceptors (Lipinski definition) is 3. The van der Waals surface area contributed by atoms with Gasteiger partial charge < -0.3 is 5.43 Å². The summed E-state index contributed by atoms with van der Waals surface area (Å²) in [5.74, 6) is 6.29. The lowest BCUT2D eigenvalue weighted by Gasteiger charge is -2.22. The maximum Gasteiger partial charge on any atom is 0.144 e. The Morgan fingerprint density at radius 1 is 1.28 bits per heavy atom. The van der Waals surface area contributed by atoms with Gasteiger partial charge in [-0.3, -0.25) is 0 Å². The Balaban J connectivity index is 2.81. The van der Waals surface area contributed by atoms with Gasteiger partial charge in [0, 0.05) is 16.0 Å². The van der Waals surface area contributed by atoms with E-state index < -0.39 is 0 Å². The zero-order chi connectivity index (χ0) is 13.5. The summed E-state index contributed by atoms with van der Waals surface area (Å²) in [7, 11) is 0. The summed E-state index contributed by atoms with van der Waals surface area (Å²) >= 11 is 6.12. The molecule has 0 unspecified atom stereocenters. The van der Waals surface area contributed by atoms with Gasteiger partial charge in [0.15, 0.2) is 0 Å². The minimum absolute atomic E-state index is 0.0174. The van der Waals surface area contributed by atoms with Crippen LogP contribution < -0.4 is 11.3 Å². The van der Waals surface area contributed by atoms with Crippen LogP contribution in [0.2, 0.25) is 5.02 Å². The van der Waals surface area contributed by atoms with Crippen molar-refractivity contribution in [3.05, 3.63) is 34.3 Å². The Morgan fingerprint density at radius 2 is 1.94 bits per heavy atom. The van der Waals surface area contributed by atoms with Crippen LogP contribution in [-0.4, -0.2) is 4.98 Å². The molecule has 2 rings (SSSR count). The summed E-state index contributed by atoms with van der Waals surface area (Å²) in [6.45, 7) is 8.38. The number of fused-ring (bicyclic) bond motifs is 1. The van der Waals surface area contributed by atoms with Crippen molar-refractivity contribution in [1.29, 1.82) is 0 Å². The first kappa shape index (κ1) is 13.1. The van der Waals surface area contributed by atoms with Crippen LogP contribution in [-0.2, 0) is 5.41 Å². The van der Waals surface area contributed by atoms with Gasteiger partial charge in [0.05, 0.1) is 5.52 Å². The third-order valence-electron chi connectivity index (χ3n) is 3.12. The summed E-state index contributed by atoms with van der Waals surface area (Å²) in [6, 6.07) is 6.02. The molecule has 4 heteroatoms. The molecular formula is C14H18ClN3. The molecule has 1 aromatic carbocycles. The molecule has 3 nitrogen and oxygen atoms in total. The highest BCUT2D eigenvalue weighted by atomic mass is 35.5. The second-order valence-electron chi connectivity index (χ2n) is 5.52. The van der Waals surface area contributed by atoms with Gasteiger partial charge in [-0.1, -0.05) is 38.4 Å². The molecule has 0 aliphatic heterocycles. The van der Waals surface area contributed by atoms with Crippen molar-refractivity contribution in [2.75, 3.05) is 5.43 Å². The SMILES string of the molecule is Cc1c(Cl)ccc2cc(C(C)(C)C)c(NN)nc12. The van der Waals surface area contributed by atoms with Crippen molar-refractivity contribution < 1.29 is 0 Å². The molecule has 0 radical (unpaired) electrons. The van der Waals surface area contributed by atoms with Gasteiger partial charge in [-0.05, 0) is 30.0 Å². The number of aryl methyl sites for hydroxylation is 1. The fraction of sp³-hybridized carbons (Fsp3) is 0.357. The largest absolute Gasteiger partial charge is 0.308 e. The fourth-order valence-electron chi connectivity index (χ4n) is 2.04. The average molecular weight is 264 g/mol. The minimum atomic E-state index is -0.0174. The first-order chi connectivity index (χ1) is 8.34. The van der Waals surface area contributed by atoms with E-state index in [0.29, 0.717) is 5.82 Å². The highest BCUT2D eigenvalue weighted by Crippen LogP contribution is 2.33. The van der Waals surface area contributed by atoms with E-state index in [1.807, 2.05) is 19.1 Å². The van der Waals surface area contributed by atoms with Gasteiger partial charge in [-0.2, -0.15) is 0 Å². The molecule has 0 saturated heterocycles. The van der Waals surface area contributed by atoms with Gasteiger partial charge >= 0.3 is 0 Å². The van der Waals surface area contributed by atoms with E-state index in [4.69, 9.17) is 17.4 Å². The zero-order valence-electron chi connectivity index (χ0n) is 11.1. The number of nitrogen functional groups attached to an aromatic ring is 1. The molecule has 0 aliphatic rings. The number of benzene rings is 1. The average Bonchev–Trinajstić information content (AvgIpc) is 2.31. The van der Waals surface area contributed by atoms with Gasteiger partial charge in [0.25, 0.3) is 0 Å². The van der Waals surface area contributed by atoms with Crippen molar-refractivity contribution in [1.82, 2.24) is 4.98 Å². The van der Waals surface area contributed by atoms with Crippen LogP contribution in [0.15, 0.2) is 18.2 Å². The van der Waals surface area contributed by atoms with Gasteiger partial charge in [0.1, 0.15) is 5.82 Å². The lowest BCUT2D eigenvalue weighted by Crippen LogP contribution is -2.19. The van der Waals surface area contributed by atoms with Crippen LogP contribution in [0.4, 0.5) is 5.82 Å². The first-order valence-electron chi connectivity index (χ1n) is 5.91. The topological polar surface area (TPSA) is 50.9 Å². The maximum absolute atomic E-state index is 6.12. The van der Waals surface area contributed by atoms with Crippen LogP contribution in [0.25, 0.3) is 10.9 Å². The Morgan fingerprint density at radius 3 is 2.50 bits per heavy atom. The predicted molar refractivity (Wildman–Crippen MR) is 78.0 cm³/mol. The van der Waals surface area contributed by atoms with E-state index in [2.05, 4.69) is 37.2 Å². The first-order valence-corrected chi connectivity index (χ1v) is 6.29. The number of nitrogens with two attached hydrogens (primary N) is 1. The normalized spacial score (nSPS) is 11.9. The molecule has 0 bridgehead atoms. The lowest BCUT2D eigenvalue weighted by molar-refractivity contribution is 0.590. The van der Waals surface area contributed by atoms with Crippen molar-refractivity contribution in [3.8, 4) is 0 Å². The summed E-state index contributed by atoms with van der Waals surface area (Å²) in [5.41, 5.74) is 5.64. The van der Waals surface area contributed by atoms with Crippen LogP contribution >= 0.6 is 11.6 Å². The summed E-state index contributed by atoms with van der Waals surface area (Å²) in [6.07, 6.45) is 0. The maximum atomic E-state index is 6.12. The molecule has 0 spiro atoms. The molecule has 0 amide bonds. The van der Waals surface area contributed by atoms with Gasteiger partial charge in [-0.25, -0.2) is 10.8 Å². The molecule has 0 saturated carbocycles. The standard InChI is InChI=1S/C14H18ClN3/c1-8-11(15)6-5-9-7-10(14(2,3)4)13(18-16)17-12(8)9/h5-7H,16H2,1-4H3,(H,17,18). The summed E-state index contributed by atoms with van der Waals surface area (Å²) < 4.78 is 0. The number of aromatic nitrogens is 1. The van der Waals surface area contributed by atoms with E-state index in [-0.39, 0.29) is 5.41 Å². The fourth-order valence-corrected chi connectivity index (χ4v) is 2.19. The second kappa shape index (κ2) is 4.41. The summed E-state index contributed by atoms with van der Waals surface area (Å²) in [4.78, 5) is 4.60. The number of halogens is 1. The second-order valence-corrected chi connectivity index (χ2v) is 5.93. The molecule has 0 aliphatic carbocycles. The van der Waals surface area contributed by atoms with E-state index in [1.54, 1.807) is 0 Å². The summed E-state index contributed by atoms with van der Waals surface area (Å²) in [5, 5.41) is 1.81. The quantitative estimate of drug-likeness (QED) is 0.608. The van der Waals surface area contributed by atoms with Crippen LogP contribution in [0.3, 0.4) is 0 Å². The van der Waals surface area contributed by atoms with Crippen molar-refractivity contribution in [2.45, 2.75) is 33.1 Å². The van der Waals surface area contributed by atoms with Crippen molar-refractivity contribution in [2.24, 2.45) is 5.84 Å². The third kappa shape index (κ3) is 2.16. The predicted octanol–water partition coefficient (Wildman–Crippen LogP) is 3.78. The number of pyridine rings is 1. The van der Waals surface area contributed by atoms with E-state index in [0.717, 1.165) is 27.1 Å². The molecule has 0 fully saturated rings. The molecule has 1 heterocycles. The van der Waals surface area contributed by atoms with Crippen molar-refractivity contribution >= 4 is 28.3 Å². The Labute approximate surface area is 112 Å². The highest BCUT2D eigenvalue weighted by molar-refractivity contribution is 6.32. The van der Waals surface area contributed by atoms with Crippen LogP contribution in [0.5, 0.6) is 0 Å². The smallest absolute Gasteiger partial charge is 0.144 e. The van der Waals surface area contributed by atoms with E-state index >= 15 is 0 Å². The van der Waals surface area contributed by atoms with Gasteiger partial charge in [-0.15, -0.1) is 0 Å². The number of nitrogens with zero attached hydrogens (tertiary/aromatic N) is 1. The Hall–Kier alpha value is -1.32. The Kier molecular flexibility index (Phi) is 3.21. The zero-order valence-corrected chi connectivity index (χ0v) is 11.9. The van der Waals surface area contributed by atoms with Crippen molar-refractivity contribution in [3.63, 3.8) is 0 Å². The molecule has 18 heavy (non-hydrogen) atoms. The number of anilines is 1. The number of hydrazine groups is 1. The van der Waals surface area contributed by atoms with E-state index in [9.17, 15) is 0 Å². The third-order valence-corrected chi connectivity index (χ3v) is 3.53. The molecule has 2 aromatic rings. The number of nitrogens with one attached hydrogen (secondary N) is 1. The molecule has 96 valence electrons. The van der Waals surface area contributed by atoms with Crippen LogP contribution in [0.1, 0.15) is 31.9 Å². The molecule has 0 atom stereocenters. The van der Waals surface area contributed by atoms with E-state index in [1.165, 1.54) is 0 Å². The minimum Gasteiger partial charge on any atom is -0.308 e. The molecule has 1 aromatic heterocycles. The monoisotopic (exact) mass is 263 g/mol. The molecular weight excluding hydrogens is 246 g/mol. The highest BCUT2D eigenvalue weighted by Gasteiger charge is 2.20. The number of rotatable bonds is 1. The van der Waals surface area contributed by atoms with Gasteiger partial charge in [0.2, 0.25) is 0 Å². The molecule has 3 N–H and O–H groups in total. The number of hydrogen-bond donors (Lipinski definition) is 2. The lowest BCUT2D eigenvalue weighted by atomic mass is 9.86.